The predicted molar refractivity (Wildman–Crippen MR) is 103 cm³/mol. The zero-order valence-electron chi connectivity index (χ0n) is 14.8. The third-order valence-corrected chi connectivity index (χ3v) is 6.84. The normalized spacial score (nSPS) is 16.3. The van der Waals surface area contributed by atoms with Crippen LogP contribution in [-0.4, -0.2) is 63.1 Å². The van der Waals surface area contributed by atoms with Crippen molar-refractivity contribution in [3.8, 4) is 16.2 Å². The topological polar surface area (TPSA) is 66.9 Å². The van der Waals surface area contributed by atoms with Crippen LogP contribution in [-0.2, 0) is 10.0 Å². The summed E-state index contributed by atoms with van der Waals surface area (Å²) >= 11 is 1.40. The van der Waals surface area contributed by atoms with Gasteiger partial charge in [0.2, 0.25) is 10.0 Å². The van der Waals surface area contributed by atoms with Crippen LogP contribution in [0.15, 0.2) is 36.4 Å². The average Bonchev–Trinajstić information content (AvgIpc) is 2.89. The molecular formula is C18H22N2O4S2. The molecule has 26 heavy (non-hydrogen) atoms. The molecule has 1 amide bonds. The van der Waals surface area contributed by atoms with Gasteiger partial charge in [0, 0.05) is 31.1 Å². The summed E-state index contributed by atoms with van der Waals surface area (Å²) in [6.07, 6.45) is 1.83. The van der Waals surface area contributed by atoms with Crippen molar-refractivity contribution in [2.75, 3.05) is 39.5 Å². The first-order valence-electron chi connectivity index (χ1n) is 8.38. The molecule has 1 aliphatic rings. The van der Waals surface area contributed by atoms with Crippen molar-refractivity contribution in [1.29, 1.82) is 0 Å². The quantitative estimate of drug-likeness (QED) is 0.799. The van der Waals surface area contributed by atoms with Gasteiger partial charge >= 0.3 is 0 Å². The largest absolute Gasteiger partial charge is 0.495 e. The third kappa shape index (κ3) is 4.08. The minimum absolute atomic E-state index is 0.107. The molecule has 0 bridgehead atoms. The summed E-state index contributed by atoms with van der Waals surface area (Å²) in [5.74, 6) is 0.451. The second-order valence-corrected chi connectivity index (χ2v) is 9.22. The van der Waals surface area contributed by atoms with Gasteiger partial charge in [-0.1, -0.05) is 30.3 Å². The number of hydrogen-bond acceptors (Lipinski definition) is 5. The Labute approximate surface area is 158 Å². The van der Waals surface area contributed by atoms with E-state index in [2.05, 4.69) is 0 Å². The molecule has 6 nitrogen and oxygen atoms in total. The highest BCUT2D eigenvalue weighted by Gasteiger charge is 2.27. The lowest BCUT2D eigenvalue weighted by Crippen LogP contribution is -2.36. The molecule has 0 aliphatic carbocycles. The maximum absolute atomic E-state index is 13.0. The highest BCUT2D eigenvalue weighted by molar-refractivity contribution is 7.88. The van der Waals surface area contributed by atoms with E-state index in [1.807, 2.05) is 36.4 Å². The molecule has 0 unspecified atom stereocenters. The zero-order valence-corrected chi connectivity index (χ0v) is 16.5. The van der Waals surface area contributed by atoms with Crippen molar-refractivity contribution >= 4 is 27.3 Å². The van der Waals surface area contributed by atoms with Gasteiger partial charge in [0.15, 0.2) is 0 Å². The van der Waals surface area contributed by atoms with Crippen LogP contribution in [0.25, 0.3) is 10.4 Å². The molecule has 0 atom stereocenters. The number of nitrogens with zero attached hydrogens (tertiary/aromatic N) is 2. The molecule has 1 fully saturated rings. The molecule has 0 saturated carbocycles. The third-order valence-electron chi connectivity index (χ3n) is 4.38. The molecule has 0 spiro atoms. The molecule has 3 rings (SSSR count). The first-order valence-corrected chi connectivity index (χ1v) is 11.0. The van der Waals surface area contributed by atoms with E-state index in [0.29, 0.717) is 43.2 Å². The second kappa shape index (κ2) is 7.77. The maximum atomic E-state index is 13.0. The SMILES string of the molecule is COc1cc(-c2ccccc2)sc1C(=O)N1CCCN(S(C)(=O)=O)CC1. The minimum Gasteiger partial charge on any atom is -0.495 e. The highest BCUT2D eigenvalue weighted by Crippen LogP contribution is 2.37. The van der Waals surface area contributed by atoms with Gasteiger partial charge in [0.1, 0.15) is 10.6 Å². The van der Waals surface area contributed by atoms with E-state index in [-0.39, 0.29) is 5.91 Å². The zero-order chi connectivity index (χ0) is 18.7. The molecule has 1 aromatic carbocycles. The Balaban J connectivity index is 1.82. The maximum Gasteiger partial charge on any atom is 0.267 e. The Morgan fingerprint density at radius 1 is 1.12 bits per heavy atom. The summed E-state index contributed by atoms with van der Waals surface area (Å²) in [6.45, 7) is 1.68. The lowest BCUT2D eigenvalue weighted by molar-refractivity contribution is 0.0766. The van der Waals surface area contributed by atoms with Gasteiger partial charge in [0.25, 0.3) is 5.91 Å². The first-order chi connectivity index (χ1) is 12.4. The van der Waals surface area contributed by atoms with E-state index in [9.17, 15) is 13.2 Å². The molecule has 140 valence electrons. The number of sulfonamides is 1. The van der Waals surface area contributed by atoms with E-state index in [0.717, 1.165) is 10.4 Å². The second-order valence-electron chi connectivity index (χ2n) is 6.18. The van der Waals surface area contributed by atoms with Gasteiger partial charge in [-0.2, -0.15) is 0 Å². The lowest BCUT2D eigenvalue weighted by Gasteiger charge is -2.20. The highest BCUT2D eigenvalue weighted by atomic mass is 32.2. The number of benzene rings is 1. The van der Waals surface area contributed by atoms with Gasteiger partial charge in [-0.15, -0.1) is 11.3 Å². The average molecular weight is 395 g/mol. The van der Waals surface area contributed by atoms with Crippen molar-refractivity contribution in [2.24, 2.45) is 0 Å². The molecule has 0 radical (unpaired) electrons. The summed E-state index contributed by atoms with van der Waals surface area (Å²) in [4.78, 5) is 16.3. The Morgan fingerprint density at radius 3 is 2.50 bits per heavy atom. The monoisotopic (exact) mass is 394 g/mol. The van der Waals surface area contributed by atoms with E-state index in [1.165, 1.54) is 21.9 Å². The number of thiophene rings is 1. The van der Waals surface area contributed by atoms with Gasteiger partial charge in [0.05, 0.1) is 13.4 Å². The number of methoxy groups -OCH3 is 1. The summed E-state index contributed by atoms with van der Waals surface area (Å²) in [5, 5.41) is 0. The van der Waals surface area contributed by atoms with Gasteiger partial charge in [-0.25, -0.2) is 12.7 Å². The van der Waals surface area contributed by atoms with Crippen molar-refractivity contribution in [1.82, 2.24) is 9.21 Å². The number of ether oxygens (including phenoxy) is 1. The standard InChI is InChI=1S/C18H22N2O4S2/c1-24-15-13-16(14-7-4-3-5-8-14)25-17(15)18(21)19-9-6-10-20(12-11-19)26(2,22)23/h3-5,7-8,13H,6,9-12H2,1-2H3. The predicted octanol–water partition coefficient (Wildman–Crippen LogP) is 2.53. The van der Waals surface area contributed by atoms with Crippen LogP contribution >= 0.6 is 11.3 Å². The van der Waals surface area contributed by atoms with Crippen molar-refractivity contribution in [3.05, 3.63) is 41.3 Å². The fourth-order valence-corrected chi connectivity index (χ4v) is 4.96. The Kier molecular flexibility index (Phi) is 5.64. The van der Waals surface area contributed by atoms with Crippen LogP contribution in [0.3, 0.4) is 0 Å². The van der Waals surface area contributed by atoms with E-state index < -0.39 is 10.0 Å². The first kappa shape index (κ1) is 18.9. The van der Waals surface area contributed by atoms with Crippen LogP contribution in [0.4, 0.5) is 0 Å². The molecule has 8 heteroatoms. The van der Waals surface area contributed by atoms with Crippen molar-refractivity contribution < 1.29 is 17.9 Å². The van der Waals surface area contributed by atoms with Crippen molar-refractivity contribution in [2.45, 2.75) is 6.42 Å². The fraction of sp³-hybridized carbons (Fsp3) is 0.389. The van der Waals surface area contributed by atoms with Crippen LogP contribution in [0, 0.1) is 0 Å². The summed E-state index contributed by atoms with van der Waals surface area (Å²) in [5.41, 5.74) is 1.04. The molecule has 1 aromatic heterocycles. The molecule has 1 saturated heterocycles. The van der Waals surface area contributed by atoms with Gasteiger partial charge in [-0.05, 0) is 18.1 Å². The molecule has 0 N–H and O–H groups in total. The minimum atomic E-state index is -3.23. The van der Waals surface area contributed by atoms with E-state index in [1.54, 1.807) is 12.0 Å². The molecule has 2 aromatic rings. The van der Waals surface area contributed by atoms with Crippen LogP contribution in [0.2, 0.25) is 0 Å². The Hall–Kier alpha value is -1.90. The number of hydrogen-bond donors (Lipinski definition) is 0. The lowest BCUT2D eigenvalue weighted by atomic mass is 10.2. The Bertz CT molecular complexity index is 878. The smallest absolute Gasteiger partial charge is 0.267 e. The van der Waals surface area contributed by atoms with Crippen LogP contribution in [0.5, 0.6) is 5.75 Å². The van der Waals surface area contributed by atoms with E-state index in [4.69, 9.17) is 4.74 Å². The number of carbonyl (C=O) groups is 1. The Morgan fingerprint density at radius 2 is 1.85 bits per heavy atom. The summed E-state index contributed by atoms with van der Waals surface area (Å²) in [7, 11) is -1.68. The number of rotatable bonds is 4. The molecule has 1 aliphatic heterocycles. The van der Waals surface area contributed by atoms with Gasteiger partial charge in [-0.3, -0.25) is 4.79 Å². The summed E-state index contributed by atoms with van der Waals surface area (Å²) < 4.78 is 30.4. The molecular weight excluding hydrogens is 372 g/mol. The number of amides is 1. The van der Waals surface area contributed by atoms with Crippen molar-refractivity contribution in [3.63, 3.8) is 0 Å². The summed E-state index contributed by atoms with van der Waals surface area (Å²) in [6, 6.07) is 11.7. The molecule has 2 heterocycles. The van der Waals surface area contributed by atoms with Crippen LogP contribution in [0.1, 0.15) is 16.1 Å². The van der Waals surface area contributed by atoms with E-state index >= 15 is 0 Å². The number of carbonyl (C=O) groups excluding carboxylic acids is 1. The van der Waals surface area contributed by atoms with Gasteiger partial charge < -0.3 is 9.64 Å². The fourth-order valence-electron chi connectivity index (χ4n) is 2.99. The van der Waals surface area contributed by atoms with Crippen LogP contribution < -0.4 is 4.74 Å².